The maximum absolute atomic E-state index is 12.9. The van der Waals surface area contributed by atoms with Crippen molar-refractivity contribution in [2.75, 3.05) is 7.11 Å². The lowest BCUT2D eigenvalue weighted by atomic mass is 9.94. The number of ketones is 1. The Morgan fingerprint density at radius 2 is 1.73 bits per heavy atom. The monoisotopic (exact) mass is 426 g/mol. The second-order valence-corrected chi connectivity index (χ2v) is 9.54. The molecule has 3 aromatic rings. The average Bonchev–Trinajstić information content (AvgIpc) is 3.12. The smallest absolute Gasteiger partial charge is 0.218 e. The van der Waals surface area contributed by atoms with Crippen molar-refractivity contribution >= 4 is 15.8 Å². The van der Waals surface area contributed by atoms with Crippen molar-refractivity contribution in [3.63, 3.8) is 0 Å². The van der Waals surface area contributed by atoms with Crippen LogP contribution < -0.4 is 9.88 Å². The highest BCUT2D eigenvalue weighted by Gasteiger charge is 2.38. The number of carbonyl (C=O) groups excluding carboxylic acids is 1. The van der Waals surface area contributed by atoms with Crippen LogP contribution in [-0.2, 0) is 21.2 Å². The lowest BCUT2D eigenvalue weighted by Crippen LogP contribution is -2.38. The predicted octanol–water partition coefficient (Wildman–Crippen LogP) is 3.70. The van der Waals surface area contributed by atoms with Crippen LogP contribution in [0.5, 0.6) is 5.75 Å². The molecule has 7 heteroatoms. The predicted molar refractivity (Wildman–Crippen MR) is 117 cm³/mol. The number of rotatable bonds is 8. The number of sulfonamides is 1. The van der Waals surface area contributed by atoms with Gasteiger partial charge in [-0.25, -0.2) is 13.6 Å². The van der Waals surface area contributed by atoms with Gasteiger partial charge in [0.25, 0.3) is 0 Å². The van der Waals surface area contributed by atoms with Gasteiger partial charge in [0.1, 0.15) is 10.5 Å². The molecule has 0 aliphatic rings. The molecule has 3 N–H and O–H groups in total. The van der Waals surface area contributed by atoms with E-state index in [4.69, 9.17) is 9.88 Å². The first-order valence-corrected chi connectivity index (χ1v) is 11.2. The highest BCUT2D eigenvalue weighted by Crippen LogP contribution is 2.33. The molecule has 6 nitrogen and oxygen atoms in total. The topological polar surface area (TPSA) is 102 Å². The Labute approximate surface area is 177 Å². The Morgan fingerprint density at radius 1 is 1.10 bits per heavy atom. The van der Waals surface area contributed by atoms with Gasteiger partial charge in [0.05, 0.1) is 12.8 Å². The van der Waals surface area contributed by atoms with Crippen LogP contribution in [0.15, 0.2) is 60.7 Å². The summed E-state index contributed by atoms with van der Waals surface area (Å²) in [5.74, 6) is 0.553. The first-order valence-electron chi connectivity index (χ1n) is 9.61. The van der Waals surface area contributed by atoms with Gasteiger partial charge in [-0.15, -0.1) is 0 Å². The van der Waals surface area contributed by atoms with Crippen LogP contribution >= 0.6 is 0 Å². The van der Waals surface area contributed by atoms with Gasteiger partial charge < -0.3 is 9.72 Å². The van der Waals surface area contributed by atoms with E-state index in [2.05, 4.69) is 4.98 Å². The Balaban J connectivity index is 1.83. The van der Waals surface area contributed by atoms with Crippen molar-refractivity contribution in [2.24, 2.45) is 5.14 Å². The summed E-state index contributed by atoms with van der Waals surface area (Å²) in [6.07, 6.45) is 0.713. The highest BCUT2D eigenvalue weighted by atomic mass is 32.2. The summed E-state index contributed by atoms with van der Waals surface area (Å²) in [5.41, 5.74) is 3.28. The summed E-state index contributed by atoms with van der Waals surface area (Å²) >= 11 is 0. The summed E-state index contributed by atoms with van der Waals surface area (Å²) in [7, 11) is -2.28. The van der Waals surface area contributed by atoms with Gasteiger partial charge in [-0.3, -0.25) is 4.79 Å². The maximum Gasteiger partial charge on any atom is 0.218 e. The van der Waals surface area contributed by atoms with E-state index in [-0.39, 0.29) is 12.2 Å². The van der Waals surface area contributed by atoms with E-state index in [0.29, 0.717) is 29.0 Å². The molecule has 0 aliphatic carbocycles. The quantitative estimate of drug-likeness (QED) is 0.536. The molecule has 1 unspecified atom stereocenters. The van der Waals surface area contributed by atoms with Gasteiger partial charge in [0, 0.05) is 11.3 Å². The summed E-state index contributed by atoms with van der Waals surface area (Å²) in [4.78, 5) is 16.0. The number of aromatic nitrogens is 1. The second kappa shape index (κ2) is 8.45. The SMILES string of the molecule is COc1ccc(C(=O)c2[nH]c(CCC(C)(c3ccccc3)S(N)(=O)=O)cc2C)cc1. The molecular formula is C23H26N2O4S. The molecule has 1 aromatic heterocycles. The van der Waals surface area contributed by atoms with E-state index < -0.39 is 14.8 Å². The zero-order valence-corrected chi connectivity index (χ0v) is 18.1. The Hall–Kier alpha value is -2.90. The van der Waals surface area contributed by atoms with Crippen molar-refractivity contribution in [2.45, 2.75) is 31.4 Å². The van der Waals surface area contributed by atoms with Gasteiger partial charge in [-0.2, -0.15) is 0 Å². The van der Waals surface area contributed by atoms with Crippen molar-refractivity contribution in [3.05, 3.63) is 88.7 Å². The van der Waals surface area contributed by atoms with Crippen LogP contribution in [0.4, 0.5) is 0 Å². The van der Waals surface area contributed by atoms with Crippen molar-refractivity contribution in [1.82, 2.24) is 4.98 Å². The molecule has 30 heavy (non-hydrogen) atoms. The largest absolute Gasteiger partial charge is 0.497 e. The van der Waals surface area contributed by atoms with Crippen LogP contribution in [0, 0.1) is 6.92 Å². The number of ether oxygens (including phenoxy) is 1. The number of methoxy groups -OCH3 is 1. The third kappa shape index (κ3) is 4.32. The van der Waals surface area contributed by atoms with Crippen LogP contribution in [0.1, 0.15) is 46.2 Å². The molecule has 0 amide bonds. The number of nitrogens with two attached hydrogens (primary N) is 1. The molecule has 0 aliphatic heterocycles. The number of aromatic amines is 1. The van der Waals surface area contributed by atoms with Crippen LogP contribution in [0.3, 0.4) is 0 Å². The van der Waals surface area contributed by atoms with Gasteiger partial charge in [-0.05, 0) is 68.1 Å². The molecule has 0 fully saturated rings. The zero-order valence-electron chi connectivity index (χ0n) is 17.3. The Kier molecular flexibility index (Phi) is 6.14. The minimum Gasteiger partial charge on any atom is -0.497 e. The van der Waals surface area contributed by atoms with Gasteiger partial charge >= 0.3 is 0 Å². The first-order chi connectivity index (χ1) is 14.2. The Morgan fingerprint density at radius 3 is 2.30 bits per heavy atom. The van der Waals surface area contributed by atoms with Crippen LogP contribution in [-0.4, -0.2) is 26.3 Å². The average molecular weight is 427 g/mol. The van der Waals surface area contributed by atoms with Crippen LogP contribution in [0.2, 0.25) is 0 Å². The molecule has 2 aromatic carbocycles. The summed E-state index contributed by atoms with van der Waals surface area (Å²) in [6, 6.07) is 17.7. The number of primary sulfonamides is 1. The fourth-order valence-corrected chi connectivity index (χ4v) is 4.35. The first kappa shape index (κ1) is 21.8. The molecule has 0 saturated carbocycles. The number of hydrogen-bond acceptors (Lipinski definition) is 4. The fourth-order valence-electron chi connectivity index (χ4n) is 3.50. The van der Waals surface area contributed by atoms with Crippen molar-refractivity contribution < 1.29 is 17.9 Å². The second-order valence-electron chi connectivity index (χ2n) is 7.55. The van der Waals surface area contributed by atoms with Crippen molar-refractivity contribution in [1.29, 1.82) is 0 Å². The van der Waals surface area contributed by atoms with Gasteiger partial charge in [-0.1, -0.05) is 30.3 Å². The highest BCUT2D eigenvalue weighted by molar-refractivity contribution is 7.90. The summed E-state index contributed by atoms with van der Waals surface area (Å²) in [6.45, 7) is 3.49. The lowest BCUT2D eigenvalue weighted by Gasteiger charge is -2.27. The van der Waals surface area contributed by atoms with E-state index in [1.165, 1.54) is 0 Å². The number of benzene rings is 2. The molecule has 1 heterocycles. The fraction of sp³-hybridized carbons (Fsp3) is 0.261. The number of hydrogen-bond donors (Lipinski definition) is 2. The summed E-state index contributed by atoms with van der Waals surface area (Å²) in [5, 5.41) is 5.59. The van der Waals surface area contributed by atoms with E-state index >= 15 is 0 Å². The van der Waals surface area contributed by atoms with E-state index in [0.717, 1.165) is 11.3 Å². The zero-order chi connectivity index (χ0) is 21.9. The minimum atomic E-state index is -3.85. The lowest BCUT2D eigenvalue weighted by molar-refractivity contribution is 0.103. The number of nitrogens with one attached hydrogen (secondary N) is 1. The van der Waals surface area contributed by atoms with Gasteiger partial charge in [0.2, 0.25) is 15.8 Å². The van der Waals surface area contributed by atoms with E-state index in [1.807, 2.05) is 19.1 Å². The molecule has 0 spiro atoms. The van der Waals surface area contributed by atoms with Crippen LogP contribution in [0.25, 0.3) is 0 Å². The molecule has 0 saturated heterocycles. The van der Waals surface area contributed by atoms with E-state index in [1.54, 1.807) is 62.6 Å². The molecule has 0 radical (unpaired) electrons. The van der Waals surface area contributed by atoms with E-state index in [9.17, 15) is 13.2 Å². The standard InChI is InChI=1S/C23H26N2O4S/c1-16-15-19(25-21(16)22(26)17-9-11-20(29-3)12-10-17)13-14-23(2,30(24,27)28)18-7-5-4-6-8-18/h4-12,15,25H,13-14H2,1-3H3,(H2,24,27,28). The normalized spacial score (nSPS) is 13.6. The third-order valence-corrected chi connectivity index (χ3v) is 7.23. The third-order valence-electron chi connectivity index (χ3n) is 5.53. The molecule has 1 atom stereocenters. The molecule has 158 valence electrons. The van der Waals surface area contributed by atoms with Crippen molar-refractivity contribution in [3.8, 4) is 5.75 Å². The minimum absolute atomic E-state index is 0.126. The molecule has 0 bridgehead atoms. The number of carbonyl (C=O) groups is 1. The maximum atomic E-state index is 12.9. The van der Waals surface area contributed by atoms with Gasteiger partial charge in [0.15, 0.2) is 0 Å². The number of aryl methyl sites for hydroxylation is 2. The number of H-pyrrole nitrogens is 1. The molecule has 3 rings (SSSR count). The Bertz CT molecular complexity index is 1140. The molecular weight excluding hydrogens is 400 g/mol. The summed E-state index contributed by atoms with van der Waals surface area (Å²) < 4.78 is 28.7.